The standard InChI is InChI=1S/C24H32/c1-14-12-18-13-17-10-11-19(23(4,5)6)15(2)20(17)21(18)16(3)22(14)24(7,8)9/h10-12H,13H2,1-9H3. The highest BCUT2D eigenvalue weighted by Gasteiger charge is 2.30. The molecule has 2 aromatic rings. The molecule has 0 aliphatic heterocycles. The van der Waals surface area contributed by atoms with Crippen molar-refractivity contribution in [1.82, 2.24) is 0 Å². The Labute approximate surface area is 148 Å². The molecule has 0 amide bonds. The van der Waals surface area contributed by atoms with Crippen LogP contribution in [0, 0.1) is 20.8 Å². The van der Waals surface area contributed by atoms with Gasteiger partial charge in [0.15, 0.2) is 0 Å². The monoisotopic (exact) mass is 320 g/mol. The molecular weight excluding hydrogens is 288 g/mol. The average Bonchev–Trinajstić information content (AvgIpc) is 2.74. The lowest BCUT2D eigenvalue weighted by atomic mass is 9.77. The Hall–Kier alpha value is -1.56. The molecule has 2 aromatic carbocycles. The van der Waals surface area contributed by atoms with Crippen LogP contribution in [-0.4, -0.2) is 0 Å². The Morgan fingerprint density at radius 2 is 1.29 bits per heavy atom. The second-order valence-electron chi connectivity index (χ2n) is 9.68. The van der Waals surface area contributed by atoms with E-state index in [0.29, 0.717) is 0 Å². The third-order valence-corrected chi connectivity index (χ3v) is 5.60. The van der Waals surface area contributed by atoms with E-state index in [0.717, 1.165) is 6.42 Å². The molecule has 0 radical (unpaired) electrons. The summed E-state index contributed by atoms with van der Waals surface area (Å²) in [4.78, 5) is 0. The van der Waals surface area contributed by atoms with E-state index in [4.69, 9.17) is 0 Å². The molecule has 0 spiro atoms. The van der Waals surface area contributed by atoms with Crippen LogP contribution in [0.3, 0.4) is 0 Å². The van der Waals surface area contributed by atoms with E-state index in [1.807, 2.05) is 0 Å². The van der Waals surface area contributed by atoms with Gasteiger partial charge in [-0.15, -0.1) is 0 Å². The van der Waals surface area contributed by atoms with E-state index < -0.39 is 0 Å². The molecule has 0 atom stereocenters. The lowest BCUT2D eigenvalue weighted by molar-refractivity contribution is 0.581. The number of benzene rings is 2. The van der Waals surface area contributed by atoms with Gasteiger partial charge in [-0.05, 0) is 88.1 Å². The van der Waals surface area contributed by atoms with Gasteiger partial charge in [0.2, 0.25) is 0 Å². The van der Waals surface area contributed by atoms with Gasteiger partial charge in [0, 0.05) is 0 Å². The fourth-order valence-electron chi connectivity index (χ4n) is 4.99. The Balaban J connectivity index is 2.35. The van der Waals surface area contributed by atoms with Crippen molar-refractivity contribution < 1.29 is 0 Å². The molecule has 3 rings (SSSR count). The minimum absolute atomic E-state index is 0.182. The first-order valence-corrected chi connectivity index (χ1v) is 9.20. The van der Waals surface area contributed by atoms with Gasteiger partial charge in [-0.2, -0.15) is 0 Å². The molecule has 0 heteroatoms. The molecular formula is C24H32. The predicted molar refractivity (Wildman–Crippen MR) is 106 cm³/mol. The smallest absolute Gasteiger partial charge is 0.00131 e. The summed E-state index contributed by atoms with van der Waals surface area (Å²) in [6.07, 6.45) is 1.09. The summed E-state index contributed by atoms with van der Waals surface area (Å²) < 4.78 is 0. The highest BCUT2D eigenvalue weighted by Crippen LogP contribution is 2.47. The Bertz CT molecular complexity index is 821. The van der Waals surface area contributed by atoms with Gasteiger partial charge in [-0.25, -0.2) is 0 Å². The van der Waals surface area contributed by atoms with Crippen LogP contribution in [0.2, 0.25) is 0 Å². The number of rotatable bonds is 0. The molecule has 0 heterocycles. The van der Waals surface area contributed by atoms with Crippen molar-refractivity contribution in [3.63, 3.8) is 0 Å². The maximum absolute atomic E-state index is 2.44. The summed E-state index contributed by atoms with van der Waals surface area (Å²) in [5.41, 5.74) is 13.8. The van der Waals surface area contributed by atoms with E-state index >= 15 is 0 Å². The summed E-state index contributed by atoms with van der Waals surface area (Å²) in [5, 5.41) is 0. The Kier molecular flexibility index (Phi) is 3.75. The summed E-state index contributed by atoms with van der Waals surface area (Å²) in [6, 6.07) is 7.17. The van der Waals surface area contributed by atoms with Gasteiger partial charge in [0.1, 0.15) is 0 Å². The van der Waals surface area contributed by atoms with Gasteiger partial charge < -0.3 is 0 Å². The van der Waals surface area contributed by atoms with E-state index in [-0.39, 0.29) is 10.8 Å². The summed E-state index contributed by atoms with van der Waals surface area (Å²) in [7, 11) is 0. The van der Waals surface area contributed by atoms with Crippen LogP contribution >= 0.6 is 0 Å². The number of fused-ring (bicyclic) bond motifs is 3. The maximum atomic E-state index is 2.44. The Morgan fingerprint density at radius 1 is 0.708 bits per heavy atom. The fourth-order valence-corrected chi connectivity index (χ4v) is 4.99. The van der Waals surface area contributed by atoms with Crippen LogP contribution in [0.1, 0.15) is 80.5 Å². The van der Waals surface area contributed by atoms with E-state index in [1.165, 1.54) is 50.1 Å². The summed E-state index contributed by atoms with van der Waals surface area (Å²) in [5.74, 6) is 0. The average molecular weight is 321 g/mol. The van der Waals surface area contributed by atoms with Crippen LogP contribution in [0.15, 0.2) is 18.2 Å². The van der Waals surface area contributed by atoms with Crippen LogP contribution in [0.25, 0.3) is 11.1 Å². The molecule has 0 saturated heterocycles. The summed E-state index contributed by atoms with van der Waals surface area (Å²) in [6.45, 7) is 20.9. The maximum Gasteiger partial charge on any atom is -0.00131 e. The highest BCUT2D eigenvalue weighted by atomic mass is 14.3. The van der Waals surface area contributed by atoms with Crippen molar-refractivity contribution >= 4 is 0 Å². The van der Waals surface area contributed by atoms with Crippen LogP contribution in [0.5, 0.6) is 0 Å². The second-order valence-corrected chi connectivity index (χ2v) is 9.68. The summed E-state index contributed by atoms with van der Waals surface area (Å²) >= 11 is 0. The zero-order chi connectivity index (χ0) is 18.0. The van der Waals surface area contributed by atoms with Crippen molar-refractivity contribution in [2.45, 2.75) is 79.6 Å². The van der Waals surface area contributed by atoms with E-state index in [9.17, 15) is 0 Å². The van der Waals surface area contributed by atoms with Gasteiger partial charge >= 0.3 is 0 Å². The molecule has 0 N–H and O–H groups in total. The van der Waals surface area contributed by atoms with E-state index in [2.05, 4.69) is 80.5 Å². The van der Waals surface area contributed by atoms with Crippen molar-refractivity contribution in [2.75, 3.05) is 0 Å². The van der Waals surface area contributed by atoms with Crippen LogP contribution < -0.4 is 0 Å². The van der Waals surface area contributed by atoms with Crippen molar-refractivity contribution in [2.24, 2.45) is 0 Å². The normalized spacial score (nSPS) is 13.9. The molecule has 0 unspecified atom stereocenters. The van der Waals surface area contributed by atoms with Crippen LogP contribution in [0.4, 0.5) is 0 Å². The third-order valence-electron chi connectivity index (χ3n) is 5.60. The van der Waals surface area contributed by atoms with Crippen LogP contribution in [-0.2, 0) is 17.3 Å². The fraction of sp³-hybridized carbons (Fsp3) is 0.500. The molecule has 0 nitrogen and oxygen atoms in total. The van der Waals surface area contributed by atoms with Gasteiger partial charge in [-0.3, -0.25) is 0 Å². The first kappa shape index (κ1) is 17.3. The van der Waals surface area contributed by atoms with Gasteiger partial charge in [0.05, 0.1) is 0 Å². The quantitative estimate of drug-likeness (QED) is 0.428. The number of hydrogen-bond acceptors (Lipinski definition) is 0. The van der Waals surface area contributed by atoms with Crippen molar-refractivity contribution in [1.29, 1.82) is 0 Å². The SMILES string of the molecule is Cc1cc2c(c(C)c1C(C)(C)C)-c1c(ccc(C(C)(C)C)c1C)C2. The molecule has 24 heavy (non-hydrogen) atoms. The highest BCUT2D eigenvalue weighted by molar-refractivity contribution is 5.84. The first-order chi connectivity index (χ1) is 10.9. The molecule has 1 aliphatic rings. The molecule has 1 aliphatic carbocycles. The predicted octanol–water partition coefficient (Wildman–Crippen LogP) is 6.78. The Morgan fingerprint density at radius 3 is 1.83 bits per heavy atom. The minimum atomic E-state index is 0.182. The third kappa shape index (κ3) is 2.51. The van der Waals surface area contributed by atoms with Crippen molar-refractivity contribution in [3.8, 4) is 11.1 Å². The zero-order valence-electron chi connectivity index (χ0n) is 16.9. The van der Waals surface area contributed by atoms with E-state index in [1.54, 1.807) is 0 Å². The lowest BCUT2D eigenvalue weighted by Gasteiger charge is -2.28. The second kappa shape index (κ2) is 5.22. The van der Waals surface area contributed by atoms with Crippen molar-refractivity contribution in [3.05, 3.63) is 57.1 Å². The molecule has 0 bridgehead atoms. The number of aryl methyl sites for hydroxylation is 1. The minimum Gasteiger partial charge on any atom is -0.0579 e. The molecule has 0 aromatic heterocycles. The molecule has 0 saturated carbocycles. The largest absolute Gasteiger partial charge is 0.0579 e. The molecule has 128 valence electrons. The zero-order valence-corrected chi connectivity index (χ0v) is 16.9. The first-order valence-electron chi connectivity index (χ1n) is 9.20. The topological polar surface area (TPSA) is 0 Å². The van der Waals surface area contributed by atoms with Gasteiger partial charge in [-0.1, -0.05) is 59.7 Å². The van der Waals surface area contributed by atoms with Gasteiger partial charge in [0.25, 0.3) is 0 Å². The number of hydrogen-bond donors (Lipinski definition) is 0. The molecule has 0 fully saturated rings. The lowest BCUT2D eigenvalue weighted by Crippen LogP contribution is -2.16.